The molecule has 1 aromatic rings. The smallest absolute Gasteiger partial charge is 0.272 e. The molecule has 2 aliphatic rings. The Labute approximate surface area is 165 Å². The lowest BCUT2D eigenvalue weighted by atomic mass is 9.89. The fourth-order valence-corrected chi connectivity index (χ4v) is 3.75. The molecule has 1 fully saturated rings. The van der Waals surface area contributed by atoms with Crippen LogP contribution in [0.4, 0.5) is 5.95 Å². The van der Waals surface area contributed by atoms with Gasteiger partial charge in [-0.15, -0.1) is 0 Å². The molecule has 8 nitrogen and oxygen atoms in total. The highest BCUT2D eigenvalue weighted by atomic mass is 16.3. The van der Waals surface area contributed by atoms with E-state index in [9.17, 15) is 14.7 Å². The number of likely N-dealkylation sites (tertiary alicyclic amines) is 1. The van der Waals surface area contributed by atoms with Crippen LogP contribution >= 0.6 is 0 Å². The summed E-state index contributed by atoms with van der Waals surface area (Å²) in [4.78, 5) is 35.8. The Hall–Kier alpha value is -2.22. The number of hydrogen-bond donors (Lipinski definition) is 3. The number of nitrogen functional groups attached to an aromatic ring is 1. The highest BCUT2D eigenvalue weighted by Crippen LogP contribution is 2.27. The molecule has 0 aromatic carbocycles. The quantitative estimate of drug-likeness (QED) is 0.708. The molecule has 8 heteroatoms. The van der Waals surface area contributed by atoms with Crippen LogP contribution in [0.5, 0.6) is 0 Å². The topological polar surface area (TPSA) is 121 Å². The van der Waals surface area contributed by atoms with E-state index in [1.54, 1.807) is 4.90 Å². The zero-order chi connectivity index (χ0) is 20.5. The number of nitrogens with one attached hydrogen (secondary N) is 1. The van der Waals surface area contributed by atoms with Gasteiger partial charge in [0, 0.05) is 43.2 Å². The van der Waals surface area contributed by atoms with Crippen molar-refractivity contribution in [3.63, 3.8) is 0 Å². The number of rotatable bonds is 4. The number of nitrogens with zero attached hydrogens (tertiary/aromatic N) is 3. The van der Waals surface area contributed by atoms with Crippen LogP contribution in [0.25, 0.3) is 0 Å². The van der Waals surface area contributed by atoms with Crippen molar-refractivity contribution < 1.29 is 14.7 Å². The first-order valence-corrected chi connectivity index (χ1v) is 10.2. The molecule has 1 aromatic heterocycles. The predicted octanol–water partition coefficient (Wildman–Crippen LogP) is 1.07. The molecule has 2 amide bonds. The van der Waals surface area contributed by atoms with Gasteiger partial charge in [-0.25, -0.2) is 9.97 Å². The van der Waals surface area contributed by atoms with E-state index in [0.717, 1.165) is 36.9 Å². The van der Waals surface area contributed by atoms with Gasteiger partial charge in [-0.2, -0.15) is 0 Å². The van der Waals surface area contributed by atoms with Gasteiger partial charge in [0.15, 0.2) is 0 Å². The summed E-state index contributed by atoms with van der Waals surface area (Å²) in [7, 11) is 0. The van der Waals surface area contributed by atoms with Gasteiger partial charge in [-0.1, -0.05) is 13.8 Å². The largest absolute Gasteiger partial charge is 0.380 e. The summed E-state index contributed by atoms with van der Waals surface area (Å²) < 4.78 is 0. The van der Waals surface area contributed by atoms with Gasteiger partial charge in [-0.05, 0) is 38.5 Å². The van der Waals surface area contributed by atoms with Crippen LogP contribution in [-0.2, 0) is 17.6 Å². The van der Waals surface area contributed by atoms with E-state index in [-0.39, 0.29) is 42.6 Å². The van der Waals surface area contributed by atoms with Crippen molar-refractivity contribution in [2.75, 3.05) is 18.8 Å². The van der Waals surface area contributed by atoms with E-state index >= 15 is 0 Å². The van der Waals surface area contributed by atoms with Crippen LogP contribution in [0.3, 0.4) is 0 Å². The highest BCUT2D eigenvalue weighted by molar-refractivity contribution is 5.95. The molecule has 1 aliphatic carbocycles. The number of carbonyl (C=O) groups is 2. The summed E-state index contributed by atoms with van der Waals surface area (Å²) in [6.07, 6.45) is 4.06. The van der Waals surface area contributed by atoms with Gasteiger partial charge in [0.1, 0.15) is 11.3 Å². The zero-order valence-electron chi connectivity index (χ0n) is 17.0. The number of piperidine rings is 1. The highest BCUT2D eigenvalue weighted by Gasteiger charge is 2.41. The second-order valence-electron chi connectivity index (χ2n) is 8.39. The first kappa shape index (κ1) is 20.5. The monoisotopic (exact) mass is 389 g/mol. The number of hydrogen-bond acceptors (Lipinski definition) is 6. The third-order valence-electron chi connectivity index (χ3n) is 6.06. The average molecular weight is 390 g/mol. The van der Waals surface area contributed by atoms with E-state index in [4.69, 9.17) is 5.73 Å². The Balaban J connectivity index is 1.69. The predicted molar refractivity (Wildman–Crippen MR) is 106 cm³/mol. The molecule has 0 unspecified atom stereocenters. The van der Waals surface area contributed by atoms with Crippen LogP contribution in [0.15, 0.2) is 0 Å². The van der Waals surface area contributed by atoms with Gasteiger partial charge in [0.25, 0.3) is 11.8 Å². The SMILES string of the molecule is CC(C)[C@H](C)NC(=O)C1(O)CCN(C(=O)c2nc(N)nc3c2CCCC3)CC1. The maximum Gasteiger partial charge on any atom is 0.272 e. The van der Waals surface area contributed by atoms with Gasteiger partial charge >= 0.3 is 0 Å². The molecule has 0 spiro atoms. The van der Waals surface area contributed by atoms with Gasteiger partial charge in [0.2, 0.25) is 5.95 Å². The number of anilines is 1. The lowest BCUT2D eigenvalue weighted by Gasteiger charge is -2.38. The lowest BCUT2D eigenvalue weighted by molar-refractivity contribution is -0.145. The summed E-state index contributed by atoms with van der Waals surface area (Å²) in [5.41, 5.74) is 6.53. The van der Waals surface area contributed by atoms with Gasteiger partial charge in [-0.3, -0.25) is 9.59 Å². The normalized spacial score (nSPS) is 19.8. The van der Waals surface area contributed by atoms with E-state index < -0.39 is 5.60 Å². The molecular weight excluding hydrogens is 358 g/mol. The molecule has 0 saturated carbocycles. The maximum absolute atomic E-state index is 13.1. The van der Waals surface area contributed by atoms with Crippen molar-refractivity contribution in [3.05, 3.63) is 17.0 Å². The summed E-state index contributed by atoms with van der Waals surface area (Å²) >= 11 is 0. The fraction of sp³-hybridized carbons (Fsp3) is 0.700. The van der Waals surface area contributed by atoms with E-state index in [1.165, 1.54) is 0 Å². The third kappa shape index (κ3) is 4.11. The Morgan fingerprint density at radius 2 is 1.79 bits per heavy atom. The number of nitrogens with two attached hydrogens (primary N) is 1. The first-order chi connectivity index (χ1) is 13.2. The molecule has 2 heterocycles. The summed E-state index contributed by atoms with van der Waals surface area (Å²) in [6.45, 7) is 6.57. The maximum atomic E-state index is 13.1. The summed E-state index contributed by atoms with van der Waals surface area (Å²) in [5, 5.41) is 13.7. The van der Waals surface area contributed by atoms with Crippen molar-refractivity contribution in [2.24, 2.45) is 5.92 Å². The molecule has 4 N–H and O–H groups in total. The minimum Gasteiger partial charge on any atom is -0.380 e. The second kappa shape index (κ2) is 8.03. The molecule has 1 aliphatic heterocycles. The number of amides is 2. The summed E-state index contributed by atoms with van der Waals surface area (Å²) in [5.74, 6) is -0.141. The van der Waals surface area contributed by atoms with Crippen LogP contribution in [0, 0.1) is 5.92 Å². The van der Waals surface area contributed by atoms with Crippen LogP contribution in [0.1, 0.15) is 68.2 Å². The zero-order valence-corrected chi connectivity index (χ0v) is 17.0. The molecule has 3 rings (SSSR count). The van der Waals surface area contributed by atoms with E-state index in [1.807, 2.05) is 20.8 Å². The van der Waals surface area contributed by atoms with Crippen LogP contribution in [0.2, 0.25) is 0 Å². The van der Waals surface area contributed by atoms with Crippen LogP contribution < -0.4 is 11.1 Å². The van der Waals surface area contributed by atoms with Crippen molar-refractivity contribution >= 4 is 17.8 Å². The Morgan fingerprint density at radius 1 is 1.14 bits per heavy atom. The second-order valence-corrected chi connectivity index (χ2v) is 8.39. The van der Waals surface area contributed by atoms with E-state index in [0.29, 0.717) is 18.8 Å². The van der Waals surface area contributed by atoms with Gasteiger partial charge < -0.3 is 21.1 Å². The van der Waals surface area contributed by atoms with Crippen LogP contribution in [-0.4, -0.2) is 56.5 Å². The Bertz CT molecular complexity index is 756. The average Bonchev–Trinajstić information content (AvgIpc) is 2.67. The standard InChI is InChI=1S/C20H31N5O3/c1-12(2)13(3)22-18(27)20(28)8-10-25(11-9-20)17(26)16-14-6-4-5-7-15(14)23-19(21)24-16/h12-13,28H,4-11H2,1-3H3,(H,22,27)(H2,21,23,24)/t13-/m0/s1. The molecule has 154 valence electrons. The molecule has 0 radical (unpaired) electrons. The van der Waals surface area contributed by atoms with Crippen molar-refractivity contribution in [3.8, 4) is 0 Å². The molecule has 1 atom stereocenters. The van der Waals surface area contributed by atoms with Crippen molar-refractivity contribution in [1.82, 2.24) is 20.2 Å². The number of aliphatic hydroxyl groups is 1. The minimum atomic E-state index is -1.44. The minimum absolute atomic E-state index is 0.0216. The molecule has 0 bridgehead atoms. The van der Waals surface area contributed by atoms with Crippen molar-refractivity contribution in [1.29, 1.82) is 0 Å². The van der Waals surface area contributed by atoms with Gasteiger partial charge in [0.05, 0.1) is 0 Å². The Morgan fingerprint density at radius 3 is 2.43 bits per heavy atom. The molecular formula is C20H31N5O3. The first-order valence-electron chi connectivity index (χ1n) is 10.2. The lowest BCUT2D eigenvalue weighted by Crippen LogP contribution is -2.56. The van der Waals surface area contributed by atoms with E-state index in [2.05, 4.69) is 15.3 Å². The number of fused-ring (bicyclic) bond motifs is 1. The Kier molecular flexibility index (Phi) is 5.88. The number of aromatic nitrogens is 2. The van der Waals surface area contributed by atoms with Crippen molar-refractivity contribution in [2.45, 2.75) is 70.9 Å². The number of aryl methyl sites for hydroxylation is 1. The fourth-order valence-electron chi connectivity index (χ4n) is 3.75. The summed E-state index contributed by atoms with van der Waals surface area (Å²) in [6, 6.07) is -0.0216. The number of carbonyl (C=O) groups excluding carboxylic acids is 2. The molecule has 1 saturated heterocycles. The molecule has 28 heavy (non-hydrogen) atoms. The third-order valence-corrected chi connectivity index (χ3v) is 6.06.